The second-order valence-electron chi connectivity index (χ2n) is 7.82. The van der Waals surface area contributed by atoms with Gasteiger partial charge in [0, 0.05) is 37.7 Å². The summed E-state index contributed by atoms with van der Waals surface area (Å²) in [6, 6.07) is 6.48. The summed E-state index contributed by atoms with van der Waals surface area (Å²) in [6.07, 6.45) is 5.31. The van der Waals surface area contributed by atoms with Crippen molar-refractivity contribution in [3.63, 3.8) is 0 Å². The first kappa shape index (κ1) is 18.9. The van der Waals surface area contributed by atoms with Gasteiger partial charge in [-0.25, -0.2) is 0 Å². The first-order valence-electron chi connectivity index (χ1n) is 9.73. The third-order valence-corrected chi connectivity index (χ3v) is 5.51. The molecule has 1 aliphatic heterocycles. The SMILES string of the molecule is CC(=O)OC1CCN(C2CCCCC2NC(=O)c2cc(C)cc(C)c2)C1. The zero-order chi connectivity index (χ0) is 18.7. The lowest BCUT2D eigenvalue weighted by Crippen LogP contribution is -2.53. The molecule has 142 valence electrons. The van der Waals surface area contributed by atoms with Crippen LogP contribution in [0.3, 0.4) is 0 Å². The van der Waals surface area contributed by atoms with E-state index >= 15 is 0 Å². The summed E-state index contributed by atoms with van der Waals surface area (Å²) in [6.45, 7) is 7.22. The fraction of sp³-hybridized carbons (Fsp3) is 0.619. The third kappa shape index (κ3) is 4.64. The van der Waals surface area contributed by atoms with E-state index in [4.69, 9.17) is 4.74 Å². The number of carbonyl (C=O) groups excluding carboxylic acids is 2. The molecule has 1 aromatic carbocycles. The van der Waals surface area contributed by atoms with E-state index in [9.17, 15) is 9.59 Å². The minimum absolute atomic E-state index is 0.00907. The number of hydrogen-bond acceptors (Lipinski definition) is 4. The van der Waals surface area contributed by atoms with Crippen molar-refractivity contribution in [1.82, 2.24) is 10.2 Å². The van der Waals surface area contributed by atoms with Gasteiger partial charge < -0.3 is 10.1 Å². The summed E-state index contributed by atoms with van der Waals surface area (Å²) in [5, 5.41) is 3.28. The van der Waals surface area contributed by atoms with Crippen LogP contribution in [0.15, 0.2) is 18.2 Å². The Morgan fingerprint density at radius 1 is 1.08 bits per heavy atom. The maximum absolute atomic E-state index is 12.8. The van der Waals surface area contributed by atoms with Crippen LogP contribution in [0.1, 0.15) is 60.5 Å². The highest BCUT2D eigenvalue weighted by molar-refractivity contribution is 5.94. The Balaban J connectivity index is 1.65. The van der Waals surface area contributed by atoms with Gasteiger partial charge in [0.05, 0.1) is 0 Å². The van der Waals surface area contributed by atoms with Crippen LogP contribution in [-0.2, 0) is 9.53 Å². The van der Waals surface area contributed by atoms with Gasteiger partial charge in [-0.15, -0.1) is 0 Å². The molecule has 0 bridgehead atoms. The lowest BCUT2D eigenvalue weighted by Gasteiger charge is -2.38. The number of rotatable bonds is 4. The fourth-order valence-electron chi connectivity index (χ4n) is 4.46. The Hall–Kier alpha value is -1.88. The molecule has 3 atom stereocenters. The van der Waals surface area contributed by atoms with E-state index < -0.39 is 0 Å². The van der Waals surface area contributed by atoms with Gasteiger partial charge in [-0.05, 0) is 45.2 Å². The molecule has 1 aliphatic carbocycles. The Labute approximate surface area is 156 Å². The van der Waals surface area contributed by atoms with Crippen LogP contribution in [0.5, 0.6) is 0 Å². The van der Waals surface area contributed by atoms with Crippen LogP contribution in [0, 0.1) is 13.8 Å². The second kappa shape index (κ2) is 8.21. The number of esters is 1. The molecule has 1 N–H and O–H groups in total. The average molecular weight is 358 g/mol. The average Bonchev–Trinajstić information content (AvgIpc) is 3.02. The standard InChI is InChI=1S/C21H30N2O3/c1-14-10-15(2)12-17(11-14)21(25)22-19-6-4-5-7-20(19)23-9-8-18(13-23)26-16(3)24/h10-12,18-20H,4-9,13H2,1-3H3,(H,22,25). The predicted octanol–water partition coefficient (Wildman–Crippen LogP) is 2.98. The molecule has 26 heavy (non-hydrogen) atoms. The number of nitrogens with one attached hydrogen (secondary N) is 1. The summed E-state index contributed by atoms with van der Waals surface area (Å²) in [4.78, 5) is 26.4. The molecule has 1 heterocycles. The molecule has 2 fully saturated rings. The molecule has 1 aromatic rings. The number of ether oxygens (including phenoxy) is 1. The smallest absolute Gasteiger partial charge is 0.302 e. The normalized spacial score (nSPS) is 26.5. The predicted molar refractivity (Wildman–Crippen MR) is 101 cm³/mol. The summed E-state index contributed by atoms with van der Waals surface area (Å²) < 4.78 is 5.38. The lowest BCUT2D eigenvalue weighted by atomic mass is 9.89. The van der Waals surface area contributed by atoms with E-state index in [1.54, 1.807) is 0 Å². The summed E-state index contributed by atoms with van der Waals surface area (Å²) in [5.74, 6) is -0.190. The van der Waals surface area contributed by atoms with Crippen LogP contribution in [0.4, 0.5) is 0 Å². The van der Waals surface area contributed by atoms with E-state index in [0.717, 1.165) is 55.5 Å². The highest BCUT2D eigenvalue weighted by Gasteiger charge is 2.36. The van der Waals surface area contributed by atoms with Gasteiger partial charge in [-0.2, -0.15) is 0 Å². The highest BCUT2D eigenvalue weighted by atomic mass is 16.5. The molecule has 1 saturated carbocycles. The van der Waals surface area contributed by atoms with Crippen molar-refractivity contribution in [2.45, 2.75) is 71.1 Å². The van der Waals surface area contributed by atoms with Crippen molar-refractivity contribution in [3.8, 4) is 0 Å². The zero-order valence-corrected chi connectivity index (χ0v) is 16.1. The lowest BCUT2D eigenvalue weighted by molar-refractivity contribution is -0.145. The molecule has 0 aromatic heterocycles. The summed E-state index contributed by atoms with van der Waals surface area (Å²) in [5.41, 5.74) is 2.96. The zero-order valence-electron chi connectivity index (χ0n) is 16.1. The largest absolute Gasteiger partial charge is 0.461 e. The molecule has 5 nitrogen and oxygen atoms in total. The summed E-state index contributed by atoms with van der Waals surface area (Å²) in [7, 11) is 0. The minimum atomic E-state index is -0.208. The first-order chi connectivity index (χ1) is 12.4. The monoisotopic (exact) mass is 358 g/mol. The van der Waals surface area contributed by atoms with Crippen molar-refractivity contribution in [1.29, 1.82) is 0 Å². The van der Waals surface area contributed by atoms with Crippen molar-refractivity contribution in [2.24, 2.45) is 0 Å². The molecule has 3 unspecified atom stereocenters. The topological polar surface area (TPSA) is 58.6 Å². The Kier molecular flexibility index (Phi) is 5.97. The van der Waals surface area contributed by atoms with Gasteiger partial charge >= 0.3 is 5.97 Å². The number of carbonyl (C=O) groups is 2. The molecule has 5 heteroatoms. The van der Waals surface area contributed by atoms with E-state index in [1.165, 1.54) is 13.3 Å². The van der Waals surface area contributed by atoms with E-state index in [1.807, 2.05) is 26.0 Å². The number of nitrogens with zero attached hydrogens (tertiary/aromatic N) is 1. The Bertz CT molecular complexity index is 653. The molecule has 2 aliphatic rings. The maximum atomic E-state index is 12.8. The van der Waals surface area contributed by atoms with Gasteiger partial charge in [0.15, 0.2) is 0 Å². The third-order valence-electron chi connectivity index (χ3n) is 5.51. The molecular formula is C21H30N2O3. The van der Waals surface area contributed by atoms with Crippen LogP contribution in [0.25, 0.3) is 0 Å². The van der Waals surface area contributed by atoms with Crippen molar-refractivity contribution in [2.75, 3.05) is 13.1 Å². The van der Waals surface area contributed by atoms with Crippen LogP contribution in [0.2, 0.25) is 0 Å². The fourth-order valence-corrected chi connectivity index (χ4v) is 4.46. The molecule has 1 saturated heterocycles. The van der Waals surface area contributed by atoms with Gasteiger partial charge in [-0.3, -0.25) is 14.5 Å². The van der Waals surface area contributed by atoms with E-state index in [0.29, 0.717) is 6.04 Å². The van der Waals surface area contributed by atoms with Gasteiger partial charge in [0.2, 0.25) is 0 Å². The second-order valence-corrected chi connectivity index (χ2v) is 7.82. The molecule has 0 radical (unpaired) electrons. The van der Waals surface area contributed by atoms with E-state index in [-0.39, 0.29) is 24.0 Å². The van der Waals surface area contributed by atoms with Crippen LogP contribution in [-0.4, -0.2) is 48.1 Å². The minimum Gasteiger partial charge on any atom is -0.461 e. The molecule has 0 spiro atoms. The highest BCUT2D eigenvalue weighted by Crippen LogP contribution is 2.27. The molecular weight excluding hydrogens is 328 g/mol. The van der Waals surface area contributed by atoms with E-state index in [2.05, 4.69) is 16.3 Å². The summed E-state index contributed by atoms with van der Waals surface area (Å²) >= 11 is 0. The Morgan fingerprint density at radius 3 is 2.46 bits per heavy atom. The number of amides is 1. The number of aryl methyl sites for hydroxylation is 2. The van der Waals surface area contributed by atoms with Crippen molar-refractivity contribution < 1.29 is 14.3 Å². The van der Waals surface area contributed by atoms with Gasteiger partial charge in [0.25, 0.3) is 5.91 Å². The van der Waals surface area contributed by atoms with Gasteiger partial charge in [-0.1, -0.05) is 30.0 Å². The number of likely N-dealkylation sites (tertiary alicyclic amines) is 1. The molecule has 3 rings (SSSR count). The Morgan fingerprint density at radius 2 is 1.77 bits per heavy atom. The van der Waals surface area contributed by atoms with Crippen molar-refractivity contribution in [3.05, 3.63) is 34.9 Å². The quantitative estimate of drug-likeness (QED) is 0.841. The molecule has 1 amide bonds. The van der Waals surface area contributed by atoms with Crippen LogP contribution >= 0.6 is 0 Å². The van der Waals surface area contributed by atoms with Crippen LogP contribution < -0.4 is 5.32 Å². The maximum Gasteiger partial charge on any atom is 0.302 e. The van der Waals surface area contributed by atoms with Gasteiger partial charge in [0.1, 0.15) is 6.10 Å². The first-order valence-corrected chi connectivity index (χ1v) is 9.73. The number of benzene rings is 1. The van der Waals surface area contributed by atoms with Crippen molar-refractivity contribution >= 4 is 11.9 Å². The number of hydrogen-bond donors (Lipinski definition) is 1.